The van der Waals surface area contributed by atoms with Gasteiger partial charge in [-0.3, -0.25) is 0 Å². The summed E-state index contributed by atoms with van der Waals surface area (Å²) >= 11 is 17.1. The molecule has 2 nitrogen and oxygen atoms in total. The van der Waals surface area contributed by atoms with Crippen molar-refractivity contribution < 1.29 is 4.74 Å². The Bertz CT molecular complexity index is 379. The van der Waals surface area contributed by atoms with Crippen LogP contribution in [0.3, 0.4) is 0 Å². The minimum absolute atomic E-state index is 0.253. The first-order valence-electron chi connectivity index (χ1n) is 4.68. The smallest absolute Gasteiger partial charge is 0.125 e. The van der Waals surface area contributed by atoms with E-state index in [1.165, 1.54) is 5.54 Å². The Labute approximate surface area is 110 Å². The van der Waals surface area contributed by atoms with Crippen molar-refractivity contribution in [2.24, 2.45) is 0 Å². The van der Waals surface area contributed by atoms with E-state index in [2.05, 4.69) is 5.32 Å². The summed E-state index contributed by atoms with van der Waals surface area (Å²) in [6.45, 7) is 0.932. The molecule has 0 aliphatic rings. The fourth-order valence-electron chi connectivity index (χ4n) is 1.20. The molecule has 0 spiro atoms. The lowest BCUT2D eigenvalue weighted by Crippen LogP contribution is -2.08. The summed E-state index contributed by atoms with van der Waals surface area (Å²) in [5.41, 5.74) is 2.27. The molecule has 0 saturated carbocycles. The van der Waals surface area contributed by atoms with Gasteiger partial charge in [0.05, 0.1) is 5.03 Å². The van der Waals surface area contributed by atoms with E-state index in [0.717, 1.165) is 11.3 Å². The van der Waals surface area contributed by atoms with E-state index in [0.29, 0.717) is 16.6 Å². The molecule has 0 aromatic heterocycles. The number of hydrogen-bond acceptors (Lipinski definition) is 2. The van der Waals surface area contributed by atoms with E-state index in [-0.39, 0.29) is 6.61 Å². The van der Waals surface area contributed by atoms with Crippen LogP contribution in [0.1, 0.15) is 5.56 Å². The van der Waals surface area contributed by atoms with Crippen molar-refractivity contribution in [1.82, 2.24) is 5.32 Å². The summed E-state index contributed by atoms with van der Waals surface area (Å²) in [5, 5.41) is 4.17. The average molecular weight is 281 g/mol. The van der Waals surface area contributed by atoms with Gasteiger partial charge < -0.3 is 10.1 Å². The van der Waals surface area contributed by atoms with Gasteiger partial charge in [0.1, 0.15) is 12.4 Å². The molecule has 0 heterocycles. The highest BCUT2D eigenvalue weighted by molar-refractivity contribution is 6.36. The van der Waals surface area contributed by atoms with Crippen LogP contribution in [0.25, 0.3) is 0 Å². The number of halogens is 3. The van der Waals surface area contributed by atoms with E-state index in [4.69, 9.17) is 39.5 Å². The van der Waals surface area contributed by atoms with Crippen LogP contribution < -0.4 is 10.1 Å². The van der Waals surface area contributed by atoms with Crippen molar-refractivity contribution in [2.75, 3.05) is 13.7 Å². The highest BCUT2D eigenvalue weighted by Gasteiger charge is 2.04. The van der Waals surface area contributed by atoms with Crippen LogP contribution in [0.2, 0.25) is 5.02 Å². The Morgan fingerprint density at radius 3 is 2.88 bits per heavy atom. The second kappa shape index (κ2) is 7.02. The lowest BCUT2D eigenvalue weighted by molar-refractivity contribution is 0.354. The van der Waals surface area contributed by atoms with Crippen molar-refractivity contribution in [3.05, 3.63) is 39.4 Å². The van der Waals surface area contributed by atoms with E-state index < -0.39 is 0 Å². The number of benzene rings is 1. The standard InChI is InChI=1S/C11H12Cl3NO/c1-15-6-8-4-9(13)2-3-11(8)16-7-10(14)5-12/h2-5,15H,6-7H2,1H3. The molecule has 16 heavy (non-hydrogen) atoms. The summed E-state index contributed by atoms with van der Waals surface area (Å²) < 4.78 is 5.51. The molecule has 88 valence electrons. The van der Waals surface area contributed by atoms with Gasteiger partial charge in [-0.2, -0.15) is 0 Å². The monoisotopic (exact) mass is 279 g/mol. The van der Waals surface area contributed by atoms with Crippen molar-refractivity contribution in [2.45, 2.75) is 6.54 Å². The molecule has 1 rings (SSSR count). The average Bonchev–Trinajstić information content (AvgIpc) is 2.28. The van der Waals surface area contributed by atoms with Crippen LogP contribution in [0, 0.1) is 0 Å². The van der Waals surface area contributed by atoms with Crippen LogP contribution >= 0.6 is 34.8 Å². The highest BCUT2D eigenvalue weighted by Crippen LogP contribution is 2.23. The van der Waals surface area contributed by atoms with Gasteiger partial charge in [-0.1, -0.05) is 34.8 Å². The summed E-state index contributed by atoms with van der Waals surface area (Å²) in [4.78, 5) is 0. The summed E-state index contributed by atoms with van der Waals surface area (Å²) in [7, 11) is 1.86. The van der Waals surface area contributed by atoms with Gasteiger partial charge in [0.25, 0.3) is 0 Å². The number of hydrogen-bond donors (Lipinski definition) is 1. The largest absolute Gasteiger partial charge is 0.488 e. The van der Waals surface area contributed by atoms with Gasteiger partial charge in [-0.15, -0.1) is 0 Å². The van der Waals surface area contributed by atoms with E-state index in [1.54, 1.807) is 6.07 Å². The molecule has 0 fully saturated rings. The third kappa shape index (κ3) is 4.22. The zero-order valence-electron chi connectivity index (χ0n) is 8.77. The molecule has 0 amide bonds. The Balaban J connectivity index is 2.77. The highest BCUT2D eigenvalue weighted by atomic mass is 35.5. The van der Waals surface area contributed by atoms with Gasteiger partial charge in [0.15, 0.2) is 0 Å². The lowest BCUT2D eigenvalue weighted by Gasteiger charge is -2.11. The Hall–Kier alpha value is -0.410. The van der Waals surface area contributed by atoms with E-state index in [9.17, 15) is 0 Å². The van der Waals surface area contributed by atoms with Crippen molar-refractivity contribution in [1.29, 1.82) is 0 Å². The number of ether oxygens (including phenoxy) is 1. The molecule has 0 unspecified atom stereocenters. The molecule has 0 aliphatic carbocycles. The second-order valence-corrected chi connectivity index (χ2v) is 4.27. The van der Waals surface area contributed by atoms with E-state index >= 15 is 0 Å². The predicted octanol–water partition coefficient (Wildman–Crippen LogP) is 3.76. The van der Waals surface area contributed by atoms with Gasteiger partial charge >= 0.3 is 0 Å². The SMILES string of the molecule is CNCc1cc(Cl)ccc1OCC(Cl)=CCl. The fraction of sp³-hybridized carbons (Fsp3) is 0.273. The molecule has 0 saturated heterocycles. The van der Waals surface area contributed by atoms with Gasteiger partial charge in [0.2, 0.25) is 0 Å². The van der Waals surface area contributed by atoms with Gasteiger partial charge in [-0.25, -0.2) is 0 Å². The zero-order chi connectivity index (χ0) is 12.0. The van der Waals surface area contributed by atoms with Crippen LogP contribution in [-0.2, 0) is 6.54 Å². The normalized spacial score (nSPS) is 11.6. The third-order valence-electron chi connectivity index (χ3n) is 1.87. The minimum Gasteiger partial charge on any atom is -0.488 e. The van der Waals surface area contributed by atoms with Crippen molar-refractivity contribution in [3.8, 4) is 5.75 Å². The molecule has 0 aliphatic heterocycles. The molecule has 0 atom stereocenters. The Kier molecular flexibility index (Phi) is 5.99. The second-order valence-electron chi connectivity index (χ2n) is 3.13. The molecule has 1 aromatic rings. The van der Waals surface area contributed by atoms with Crippen LogP contribution in [0.5, 0.6) is 5.75 Å². The van der Waals surface area contributed by atoms with Crippen molar-refractivity contribution >= 4 is 34.8 Å². The maximum absolute atomic E-state index is 5.90. The first kappa shape index (κ1) is 13.7. The molecule has 0 radical (unpaired) electrons. The summed E-state index contributed by atoms with van der Waals surface area (Å²) in [6, 6.07) is 5.44. The zero-order valence-corrected chi connectivity index (χ0v) is 11.0. The van der Waals surface area contributed by atoms with Crippen LogP contribution in [-0.4, -0.2) is 13.7 Å². The predicted molar refractivity (Wildman–Crippen MR) is 69.5 cm³/mol. The number of rotatable bonds is 5. The summed E-state index contributed by atoms with van der Waals surface area (Å²) in [5.74, 6) is 0.746. The first-order chi connectivity index (χ1) is 7.67. The molecular formula is C11H12Cl3NO. The molecule has 1 N–H and O–H groups in total. The maximum atomic E-state index is 5.90. The fourth-order valence-corrected chi connectivity index (χ4v) is 1.51. The molecular weight excluding hydrogens is 268 g/mol. The minimum atomic E-state index is 0.253. The quantitative estimate of drug-likeness (QED) is 0.887. The summed E-state index contributed by atoms with van der Waals surface area (Å²) in [6.07, 6.45) is 0. The lowest BCUT2D eigenvalue weighted by atomic mass is 10.2. The Morgan fingerprint density at radius 2 is 2.25 bits per heavy atom. The van der Waals surface area contributed by atoms with E-state index in [1.807, 2.05) is 19.2 Å². The number of nitrogens with one attached hydrogen (secondary N) is 1. The molecule has 0 bridgehead atoms. The third-order valence-corrected chi connectivity index (χ3v) is 2.70. The van der Waals surface area contributed by atoms with Gasteiger partial charge in [0, 0.05) is 22.7 Å². The topological polar surface area (TPSA) is 21.3 Å². The maximum Gasteiger partial charge on any atom is 0.125 e. The van der Waals surface area contributed by atoms with Crippen molar-refractivity contribution in [3.63, 3.8) is 0 Å². The Morgan fingerprint density at radius 1 is 1.50 bits per heavy atom. The first-order valence-corrected chi connectivity index (χ1v) is 5.87. The van der Waals surface area contributed by atoms with Crippen LogP contribution in [0.4, 0.5) is 0 Å². The molecule has 5 heteroatoms. The van der Waals surface area contributed by atoms with Gasteiger partial charge in [-0.05, 0) is 25.2 Å². The van der Waals surface area contributed by atoms with Crippen LogP contribution in [0.15, 0.2) is 28.8 Å². The molecule has 1 aromatic carbocycles.